The molecule has 1 aromatic rings. The van der Waals surface area contributed by atoms with Crippen LogP contribution in [0.15, 0.2) is 18.2 Å². The monoisotopic (exact) mass is 352 g/mol. The fraction of sp³-hybridized carbons (Fsp3) is 0.556. The second-order valence-electron chi connectivity index (χ2n) is 7.21. The summed E-state index contributed by atoms with van der Waals surface area (Å²) in [6.45, 7) is 3.19. The van der Waals surface area contributed by atoms with E-state index in [1.54, 1.807) is 9.80 Å². The topological polar surface area (TPSA) is 60.9 Å². The number of carbonyl (C=O) groups is 2. The molecule has 1 atom stereocenters. The molecule has 2 fully saturated rings. The van der Waals surface area contributed by atoms with Crippen LogP contribution in [0.5, 0.6) is 0 Å². The summed E-state index contributed by atoms with van der Waals surface area (Å²) in [4.78, 5) is 27.5. The molecular formula is C18H22F2N2O3. The molecule has 1 spiro atoms. The highest BCUT2D eigenvalue weighted by Crippen LogP contribution is 2.41. The Morgan fingerprint density at radius 1 is 1.24 bits per heavy atom. The van der Waals surface area contributed by atoms with Crippen LogP contribution in [-0.2, 0) is 16.1 Å². The predicted molar refractivity (Wildman–Crippen MR) is 86.3 cm³/mol. The minimum Gasteiger partial charge on any atom is -0.384 e. The Labute approximate surface area is 145 Å². The number of benzene rings is 1. The van der Waals surface area contributed by atoms with Gasteiger partial charge < -0.3 is 14.9 Å². The number of aliphatic hydroxyl groups excluding tert-OH is 1. The van der Waals surface area contributed by atoms with Gasteiger partial charge in [-0.15, -0.1) is 0 Å². The molecule has 0 aromatic heterocycles. The predicted octanol–water partition coefficient (Wildman–Crippen LogP) is 1.69. The fourth-order valence-electron chi connectivity index (χ4n) is 3.85. The molecule has 0 saturated carbocycles. The lowest BCUT2D eigenvalue weighted by molar-refractivity contribution is -0.141. The average Bonchev–Trinajstić information content (AvgIpc) is 2.81. The summed E-state index contributed by atoms with van der Waals surface area (Å²) in [6, 6.07) is 3.29. The highest BCUT2D eigenvalue weighted by molar-refractivity contribution is 5.81. The van der Waals surface area contributed by atoms with Crippen LogP contribution in [-0.4, -0.2) is 52.5 Å². The summed E-state index contributed by atoms with van der Waals surface area (Å²) in [5, 5.41) is 9.41. The number of halogens is 2. The number of rotatable bonds is 3. The molecule has 0 bridgehead atoms. The van der Waals surface area contributed by atoms with Crippen molar-refractivity contribution in [3.05, 3.63) is 35.4 Å². The molecule has 0 aliphatic carbocycles. The lowest BCUT2D eigenvalue weighted by Gasteiger charge is -2.39. The SMILES string of the molecule is C[C@H](O)C(=O)N1CCC2(CC1)CC(=O)N(Cc1cc(F)cc(F)c1)C2. The van der Waals surface area contributed by atoms with Gasteiger partial charge in [0.2, 0.25) is 5.91 Å². The first kappa shape index (κ1) is 17.8. The van der Waals surface area contributed by atoms with Crippen LogP contribution in [0.4, 0.5) is 8.78 Å². The van der Waals surface area contributed by atoms with Crippen LogP contribution in [0.3, 0.4) is 0 Å². The van der Waals surface area contributed by atoms with Gasteiger partial charge in [0.15, 0.2) is 0 Å². The van der Waals surface area contributed by atoms with Gasteiger partial charge in [-0.05, 0) is 37.5 Å². The Bertz CT molecular complexity index is 665. The smallest absolute Gasteiger partial charge is 0.251 e. The second kappa shape index (κ2) is 6.71. The standard InChI is InChI=1S/C18H22F2N2O3/c1-12(23)17(25)21-4-2-18(3-5-21)9-16(24)22(11-18)10-13-6-14(19)8-15(20)7-13/h6-8,12,23H,2-5,9-11H2,1H3/t12-/m0/s1. The van der Waals surface area contributed by atoms with Crippen LogP contribution in [0.1, 0.15) is 31.7 Å². The zero-order valence-corrected chi connectivity index (χ0v) is 14.2. The van der Waals surface area contributed by atoms with Crippen LogP contribution in [0.2, 0.25) is 0 Å². The van der Waals surface area contributed by atoms with E-state index in [1.807, 2.05) is 0 Å². The zero-order chi connectivity index (χ0) is 18.2. The number of amides is 2. The number of nitrogens with zero attached hydrogens (tertiary/aromatic N) is 2. The first-order valence-electron chi connectivity index (χ1n) is 8.48. The van der Waals surface area contributed by atoms with E-state index in [0.717, 1.165) is 6.07 Å². The third-order valence-corrected chi connectivity index (χ3v) is 5.19. The summed E-state index contributed by atoms with van der Waals surface area (Å²) in [6.07, 6.45) is 0.747. The van der Waals surface area contributed by atoms with Crippen LogP contribution in [0, 0.1) is 17.0 Å². The second-order valence-corrected chi connectivity index (χ2v) is 7.21. The molecule has 25 heavy (non-hydrogen) atoms. The van der Waals surface area contributed by atoms with Crippen molar-refractivity contribution in [2.45, 2.75) is 38.8 Å². The van der Waals surface area contributed by atoms with Crippen LogP contribution in [0.25, 0.3) is 0 Å². The van der Waals surface area contributed by atoms with Crippen LogP contribution < -0.4 is 0 Å². The molecule has 0 unspecified atom stereocenters. The highest BCUT2D eigenvalue weighted by atomic mass is 19.1. The lowest BCUT2D eigenvalue weighted by atomic mass is 9.77. The highest BCUT2D eigenvalue weighted by Gasteiger charge is 2.45. The summed E-state index contributed by atoms with van der Waals surface area (Å²) in [5.41, 5.74) is 0.239. The van der Waals surface area contributed by atoms with Gasteiger partial charge in [-0.2, -0.15) is 0 Å². The number of aliphatic hydroxyl groups is 1. The first-order valence-corrected chi connectivity index (χ1v) is 8.48. The fourth-order valence-corrected chi connectivity index (χ4v) is 3.85. The molecule has 2 saturated heterocycles. The summed E-state index contributed by atoms with van der Waals surface area (Å²) < 4.78 is 26.7. The summed E-state index contributed by atoms with van der Waals surface area (Å²) in [7, 11) is 0. The van der Waals surface area contributed by atoms with E-state index in [9.17, 15) is 23.5 Å². The minimum atomic E-state index is -1.02. The Morgan fingerprint density at radius 3 is 2.40 bits per heavy atom. The number of hydrogen-bond donors (Lipinski definition) is 1. The van der Waals surface area contributed by atoms with Gasteiger partial charge in [0.05, 0.1) is 0 Å². The van der Waals surface area contributed by atoms with Crippen molar-refractivity contribution in [2.24, 2.45) is 5.41 Å². The maximum absolute atomic E-state index is 13.3. The molecule has 3 rings (SSSR count). The van der Waals surface area contributed by atoms with Crippen molar-refractivity contribution in [3.8, 4) is 0 Å². The number of likely N-dealkylation sites (tertiary alicyclic amines) is 2. The largest absolute Gasteiger partial charge is 0.384 e. The number of carbonyl (C=O) groups excluding carboxylic acids is 2. The van der Waals surface area contributed by atoms with Gasteiger partial charge >= 0.3 is 0 Å². The Kier molecular flexibility index (Phi) is 4.77. The third kappa shape index (κ3) is 3.81. The molecule has 2 heterocycles. The van der Waals surface area contributed by atoms with E-state index in [0.29, 0.717) is 44.5 Å². The average molecular weight is 352 g/mol. The van der Waals surface area contributed by atoms with Crippen molar-refractivity contribution in [1.82, 2.24) is 9.80 Å². The van der Waals surface area contributed by atoms with Gasteiger partial charge in [-0.3, -0.25) is 9.59 Å². The van der Waals surface area contributed by atoms with Gasteiger partial charge in [0.25, 0.3) is 5.91 Å². The van der Waals surface area contributed by atoms with Gasteiger partial charge in [0, 0.05) is 44.1 Å². The molecule has 2 amide bonds. The minimum absolute atomic E-state index is 0.0278. The number of piperidine rings is 1. The van der Waals surface area contributed by atoms with Crippen molar-refractivity contribution in [1.29, 1.82) is 0 Å². The van der Waals surface area contributed by atoms with Crippen molar-refractivity contribution >= 4 is 11.8 Å². The first-order chi connectivity index (χ1) is 11.8. The van der Waals surface area contributed by atoms with Gasteiger partial charge in [-0.25, -0.2) is 8.78 Å². The van der Waals surface area contributed by atoms with Gasteiger partial charge in [-0.1, -0.05) is 0 Å². The Hall–Kier alpha value is -2.02. The third-order valence-electron chi connectivity index (χ3n) is 5.19. The molecule has 1 aromatic carbocycles. The molecule has 1 N–H and O–H groups in total. The summed E-state index contributed by atoms with van der Waals surface area (Å²) >= 11 is 0. The molecule has 2 aliphatic heterocycles. The van der Waals surface area contributed by atoms with E-state index in [1.165, 1.54) is 19.1 Å². The lowest BCUT2D eigenvalue weighted by Crippen LogP contribution is -2.47. The maximum Gasteiger partial charge on any atom is 0.251 e. The van der Waals surface area contributed by atoms with E-state index < -0.39 is 17.7 Å². The van der Waals surface area contributed by atoms with E-state index >= 15 is 0 Å². The van der Waals surface area contributed by atoms with Crippen LogP contribution >= 0.6 is 0 Å². The maximum atomic E-state index is 13.3. The van der Waals surface area contributed by atoms with E-state index in [2.05, 4.69) is 0 Å². The molecule has 5 nitrogen and oxygen atoms in total. The molecular weight excluding hydrogens is 330 g/mol. The van der Waals surface area contributed by atoms with Crippen molar-refractivity contribution in [2.75, 3.05) is 19.6 Å². The quantitative estimate of drug-likeness (QED) is 0.901. The van der Waals surface area contributed by atoms with Gasteiger partial charge in [0.1, 0.15) is 17.7 Å². The summed E-state index contributed by atoms with van der Waals surface area (Å²) in [5.74, 6) is -1.62. The Morgan fingerprint density at radius 2 is 1.84 bits per heavy atom. The number of hydrogen-bond acceptors (Lipinski definition) is 3. The molecule has 2 aliphatic rings. The molecule has 7 heteroatoms. The van der Waals surface area contributed by atoms with E-state index in [4.69, 9.17) is 0 Å². The molecule has 136 valence electrons. The normalized spacial score (nSPS) is 21.0. The molecule has 0 radical (unpaired) electrons. The van der Waals surface area contributed by atoms with Crippen molar-refractivity contribution < 1.29 is 23.5 Å². The van der Waals surface area contributed by atoms with Crippen molar-refractivity contribution in [3.63, 3.8) is 0 Å². The van der Waals surface area contributed by atoms with E-state index in [-0.39, 0.29) is 23.8 Å². The zero-order valence-electron chi connectivity index (χ0n) is 14.2. The Balaban J connectivity index is 1.64.